The van der Waals surface area contributed by atoms with Crippen molar-refractivity contribution < 1.29 is 86.9 Å². The van der Waals surface area contributed by atoms with Gasteiger partial charge in [0.2, 0.25) is 5.91 Å². The van der Waals surface area contributed by atoms with Gasteiger partial charge in [-0.05, 0) is 92.5 Å². The van der Waals surface area contributed by atoms with Gasteiger partial charge in [-0.15, -0.1) is 0 Å². The Hall–Kier alpha value is -9.92. The van der Waals surface area contributed by atoms with Crippen LogP contribution < -0.4 is 40.4 Å². The number of urea groups is 1. The summed E-state index contributed by atoms with van der Waals surface area (Å²) in [4.78, 5) is 139. The molecule has 522 valence electrons. The molecule has 26 heteroatoms. The first-order valence-corrected chi connectivity index (χ1v) is 33.1. The molecule has 6 atom stereocenters. The average molecular weight is 1350 g/mol. The Balaban J connectivity index is 0.812. The number of benzene rings is 4. The largest absolute Gasteiger partial charge is 0.493 e. The predicted molar refractivity (Wildman–Crippen MR) is 357 cm³/mol. The highest BCUT2D eigenvalue weighted by Crippen LogP contribution is 2.43. The number of nitrogens with one attached hydrogen (secondary N) is 2. The van der Waals surface area contributed by atoms with Crippen molar-refractivity contribution in [2.24, 2.45) is 17.6 Å². The minimum Gasteiger partial charge on any atom is -0.493 e. The zero-order valence-electron chi connectivity index (χ0n) is 55.5. The molecule has 9 rings (SSSR count). The summed E-state index contributed by atoms with van der Waals surface area (Å²) in [5.74, 6) is -3.06. The second kappa shape index (κ2) is 33.4. The highest BCUT2D eigenvalue weighted by atomic mass is 16.6. The van der Waals surface area contributed by atoms with Gasteiger partial charge in [0.25, 0.3) is 23.6 Å². The predicted octanol–water partition coefficient (Wildman–Crippen LogP) is 7.07. The first-order chi connectivity index (χ1) is 47.0. The fourth-order valence-electron chi connectivity index (χ4n) is 12.8. The van der Waals surface area contributed by atoms with Crippen LogP contribution in [0, 0.1) is 11.8 Å². The summed E-state index contributed by atoms with van der Waals surface area (Å²) in [5.41, 5.74) is 8.85. The first kappa shape index (κ1) is 72.4. The van der Waals surface area contributed by atoms with Crippen molar-refractivity contribution in [3.8, 4) is 17.2 Å². The smallest absolute Gasteiger partial charge is 0.416 e. The number of methoxy groups -OCH3 is 1. The van der Waals surface area contributed by atoms with Crippen molar-refractivity contribution >= 4 is 70.7 Å². The van der Waals surface area contributed by atoms with Crippen LogP contribution in [-0.2, 0) is 59.7 Å². The molecule has 5 aliphatic rings. The van der Waals surface area contributed by atoms with E-state index < -0.39 is 79.0 Å². The van der Waals surface area contributed by atoms with Gasteiger partial charge in [-0.25, -0.2) is 24.2 Å². The number of carbonyl (C=O) groups excluding carboxylic acids is 10. The molecule has 0 spiro atoms. The van der Waals surface area contributed by atoms with Gasteiger partial charge in [-0.3, -0.25) is 38.5 Å². The fraction of sp³-hybridized carbons (Fsp3) is 0.444. The zero-order valence-corrected chi connectivity index (χ0v) is 55.5. The molecule has 0 aromatic heterocycles. The molecule has 2 fully saturated rings. The summed E-state index contributed by atoms with van der Waals surface area (Å²) < 4.78 is 29.7. The monoisotopic (exact) mass is 1350 g/mol. The zero-order chi connectivity index (χ0) is 70.3. The van der Waals surface area contributed by atoms with E-state index in [0.29, 0.717) is 61.6 Å². The van der Waals surface area contributed by atoms with Crippen molar-refractivity contribution in [1.82, 2.24) is 25.3 Å². The number of imide groups is 1. The Kier molecular flexibility index (Phi) is 24.6. The molecular weight excluding hydrogens is 1260 g/mol. The molecule has 0 radical (unpaired) electrons. The molecule has 5 heterocycles. The second-order valence-corrected chi connectivity index (χ2v) is 25.5. The summed E-state index contributed by atoms with van der Waals surface area (Å²) in [6, 6.07) is 18.1. The van der Waals surface area contributed by atoms with Gasteiger partial charge in [0.1, 0.15) is 24.7 Å². The van der Waals surface area contributed by atoms with E-state index in [-0.39, 0.29) is 166 Å². The molecule has 2 unspecified atom stereocenters. The van der Waals surface area contributed by atoms with E-state index in [1.165, 1.54) is 53.3 Å². The second-order valence-electron chi connectivity index (χ2n) is 25.5. The lowest BCUT2D eigenvalue weighted by Gasteiger charge is -2.31. The van der Waals surface area contributed by atoms with Gasteiger partial charge in [-0.1, -0.05) is 99.2 Å². The number of hydrogen-bond acceptors (Lipinski definition) is 18. The first-order valence-electron chi connectivity index (χ1n) is 33.1. The fourth-order valence-corrected chi connectivity index (χ4v) is 12.8. The number of nitrogens with two attached hydrogens (primary N) is 1. The van der Waals surface area contributed by atoms with Crippen LogP contribution in [0.4, 0.5) is 25.8 Å². The van der Waals surface area contributed by atoms with E-state index >= 15 is 0 Å². The maximum atomic E-state index is 14.4. The van der Waals surface area contributed by atoms with E-state index in [0.717, 1.165) is 25.8 Å². The van der Waals surface area contributed by atoms with Crippen LogP contribution in [-0.4, -0.2) is 166 Å². The molecule has 0 aliphatic carbocycles. The number of ether oxygens (including phenoxy) is 5. The third kappa shape index (κ3) is 17.6. The number of primary amides is 1. The Bertz CT molecular complexity index is 3690. The average Bonchev–Trinajstić information content (AvgIpc) is 1.59. The number of fused-ring (bicyclic) bond motifs is 4. The van der Waals surface area contributed by atoms with Crippen LogP contribution in [0.15, 0.2) is 115 Å². The molecule has 0 bridgehead atoms. The van der Waals surface area contributed by atoms with Crippen LogP contribution in [0.25, 0.3) is 0 Å². The number of nitrogens with zero attached hydrogens (tertiary/aromatic N) is 5. The molecule has 26 nitrogen and oxygen atoms in total. The van der Waals surface area contributed by atoms with Crippen molar-refractivity contribution in [2.75, 3.05) is 56.3 Å². The summed E-state index contributed by atoms with van der Waals surface area (Å²) >= 11 is 0. The lowest BCUT2D eigenvalue weighted by atomic mass is 9.88. The quantitative estimate of drug-likeness (QED) is 0.0162. The Morgan fingerprint density at radius 2 is 1.20 bits per heavy atom. The third-order valence-electron chi connectivity index (χ3n) is 18.1. The Morgan fingerprint density at radius 1 is 0.663 bits per heavy atom. The van der Waals surface area contributed by atoms with Crippen LogP contribution in [0.2, 0.25) is 0 Å². The summed E-state index contributed by atoms with van der Waals surface area (Å²) in [7, 11) is 1.42. The third-order valence-corrected chi connectivity index (χ3v) is 18.1. The molecule has 4 aromatic carbocycles. The van der Waals surface area contributed by atoms with Crippen molar-refractivity contribution in [2.45, 2.75) is 148 Å². The van der Waals surface area contributed by atoms with Gasteiger partial charge in [0.15, 0.2) is 29.7 Å². The van der Waals surface area contributed by atoms with E-state index in [1.54, 1.807) is 36.4 Å². The number of hydrogen-bond donors (Lipinski definition) is 6. The van der Waals surface area contributed by atoms with Gasteiger partial charge >= 0.3 is 18.2 Å². The van der Waals surface area contributed by atoms with Crippen LogP contribution in [0.1, 0.15) is 134 Å². The van der Waals surface area contributed by atoms with Crippen LogP contribution in [0.3, 0.4) is 0 Å². The lowest BCUT2D eigenvalue weighted by Crippen LogP contribution is -2.50. The molecule has 7 N–H and O–H groups in total. The standard InChI is InChI=1S/C72H86N8O18/c1-43(2)51(34-50(82)18-11-7-12-27-76-63(84)24-25-64(76)85)65(86)75-54(19-15-26-74-70(73)91)59(83)32-46-20-22-48(23-21-46)42-98-71(92)79-55-36-60(49(40-81)33-52(55)66(87)77-38-44(3)30-57(77)68(79)89)95-28-13-8-14-29-96-62-37-56-53(35-61(62)94-5)67(88)78-39-45(4)31-58(78)69(90)80(56)72(93)97-41-47-16-9-6-10-17-47/h6,9-10,16-17,20-25,33,35-37,43,51,54,57-58,68-69,81,89-90H,3-4,7-8,11-15,18-19,26-32,34,38-42H2,1-2,5H3,(H,75,86)(H3,73,74,91)/t51-,54-,57-,58-,68?,69?/m0/s1. The molecule has 98 heavy (non-hydrogen) atoms. The number of amides is 9. The van der Waals surface area contributed by atoms with Gasteiger partial charge in [-0.2, -0.15) is 0 Å². The lowest BCUT2D eigenvalue weighted by molar-refractivity contribution is -0.137. The molecule has 4 aromatic rings. The van der Waals surface area contributed by atoms with Gasteiger partial charge < -0.3 is 65.2 Å². The number of carbonyl (C=O) groups is 10. The number of unbranched alkanes of at least 4 members (excludes halogenated alkanes) is 4. The number of Topliss-reactive ketones (excluding diaryl/α,β-unsaturated/α-hetero) is 2. The van der Waals surface area contributed by atoms with Crippen LogP contribution >= 0.6 is 0 Å². The van der Waals surface area contributed by atoms with Gasteiger partial charge in [0, 0.05) is 81.2 Å². The number of ketones is 2. The minimum atomic E-state index is -1.61. The Labute approximate surface area is 568 Å². The molecule has 9 amide bonds. The highest BCUT2D eigenvalue weighted by molar-refractivity contribution is 6.13. The normalized spacial score (nSPS) is 18.5. The summed E-state index contributed by atoms with van der Waals surface area (Å²) in [5, 5.41) is 39.8. The number of rotatable bonds is 32. The molecule has 5 aliphatic heterocycles. The molecular formula is C72H86N8O18. The number of aliphatic hydroxyl groups excluding tert-OH is 3. The SMILES string of the molecule is C=C1C[C@H]2C(O)N(C(=O)OCc3ccc(CC(=O)[C@H](CCCNC(N)=O)NC(=O)[C@@H](CC(=O)CCCCCN4C(=O)C=CC4=O)C(C)C)cc3)c3cc(OCCCCCOc4cc5c(cc4OC)C(=O)N4CC(=C)C[C@H]4C(O)N5C(=O)OCc4ccccc4)c(CO)cc3C(=O)N2C1. The maximum Gasteiger partial charge on any atom is 0.416 e. The van der Waals surface area contributed by atoms with E-state index in [1.807, 2.05) is 32.0 Å². The van der Waals surface area contributed by atoms with Crippen molar-refractivity contribution in [3.63, 3.8) is 0 Å². The number of anilines is 2. The minimum absolute atomic E-state index is 0.00729. The van der Waals surface area contributed by atoms with Crippen molar-refractivity contribution in [3.05, 3.63) is 149 Å². The van der Waals surface area contributed by atoms with Crippen LogP contribution in [0.5, 0.6) is 17.2 Å². The summed E-state index contributed by atoms with van der Waals surface area (Å²) in [6.45, 7) is 11.7. The van der Waals surface area contributed by atoms with E-state index in [9.17, 15) is 63.3 Å². The summed E-state index contributed by atoms with van der Waals surface area (Å²) in [6.07, 6.45) is 1.52. The Morgan fingerprint density at radius 3 is 1.77 bits per heavy atom. The van der Waals surface area contributed by atoms with E-state index in [4.69, 9.17) is 29.4 Å². The van der Waals surface area contributed by atoms with E-state index in [2.05, 4.69) is 23.8 Å². The number of aliphatic hydroxyl groups is 3. The molecule has 0 saturated carbocycles. The molecule has 2 saturated heterocycles. The maximum absolute atomic E-state index is 14.4. The van der Waals surface area contributed by atoms with Gasteiger partial charge in [0.05, 0.1) is 67.6 Å². The highest BCUT2D eigenvalue weighted by Gasteiger charge is 2.48. The van der Waals surface area contributed by atoms with Crippen molar-refractivity contribution in [1.29, 1.82) is 0 Å². The topological polar surface area (TPSA) is 344 Å².